The molecular formula is C29H30FN3O2. The van der Waals surface area contributed by atoms with Crippen LogP contribution in [-0.4, -0.2) is 53.4 Å². The Morgan fingerprint density at radius 1 is 0.943 bits per heavy atom. The van der Waals surface area contributed by atoms with Crippen LogP contribution in [0.15, 0.2) is 66.7 Å². The van der Waals surface area contributed by atoms with Crippen molar-refractivity contribution in [1.82, 2.24) is 14.8 Å². The summed E-state index contributed by atoms with van der Waals surface area (Å²) in [5.74, 6) is 1.22. The first-order valence-electron chi connectivity index (χ1n) is 12.1. The molecule has 1 aliphatic heterocycles. The van der Waals surface area contributed by atoms with E-state index in [0.717, 1.165) is 54.0 Å². The molecule has 1 saturated heterocycles. The molecule has 1 aliphatic rings. The van der Waals surface area contributed by atoms with E-state index in [1.165, 1.54) is 17.7 Å². The quantitative estimate of drug-likeness (QED) is 0.392. The van der Waals surface area contributed by atoms with Crippen molar-refractivity contribution in [3.63, 3.8) is 0 Å². The van der Waals surface area contributed by atoms with Crippen LogP contribution < -0.4 is 4.74 Å². The number of fused-ring (bicyclic) bond motifs is 1. The van der Waals surface area contributed by atoms with Crippen molar-refractivity contribution in [2.75, 3.05) is 32.7 Å². The number of carbonyl (C=O) groups is 1. The van der Waals surface area contributed by atoms with Crippen LogP contribution in [0.2, 0.25) is 0 Å². The summed E-state index contributed by atoms with van der Waals surface area (Å²) in [6, 6.07) is 20.1. The van der Waals surface area contributed by atoms with E-state index >= 15 is 0 Å². The molecule has 1 N–H and O–H groups in total. The average molecular weight is 472 g/mol. The number of nitrogens with one attached hydrogen (secondary N) is 1. The molecule has 1 aromatic heterocycles. The Morgan fingerprint density at radius 3 is 2.46 bits per heavy atom. The van der Waals surface area contributed by atoms with Crippen LogP contribution in [0.4, 0.5) is 4.39 Å². The van der Waals surface area contributed by atoms with Crippen LogP contribution >= 0.6 is 0 Å². The Morgan fingerprint density at radius 2 is 1.69 bits per heavy atom. The number of ether oxygens (including phenoxy) is 1. The number of nitrogens with zero attached hydrogens (tertiary/aromatic N) is 2. The number of aromatic amines is 1. The number of aryl methyl sites for hydroxylation is 2. The van der Waals surface area contributed by atoms with E-state index < -0.39 is 0 Å². The molecule has 1 amide bonds. The summed E-state index contributed by atoms with van der Waals surface area (Å²) >= 11 is 0. The van der Waals surface area contributed by atoms with Gasteiger partial charge in [0.25, 0.3) is 5.91 Å². The van der Waals surface area contributed by atoms with Crippen LogP contribution in [0.5, 0.6) is 11.5 Å². The van der Waals surface area contributed by atoms with Gasteiger partial charge in [0.15, 0.2) is 0 Å². The van der Waals surface area contributed by atoms with Gasteiger partial charge in [0.05, 0.1) is 0 Å². The lowest BCUT2D eigenvalue weighted by Gasteiger charge is -2.34. The Hall–Kier alpha value is -3.64. The van der Waals surface area contributed by atoms with E-state index in [9.17, 15) is 9.18 Å². The Labute approximate surface area is 205 Å². The zero-order valence-electron chi connectivity index (χ0n) is 20.2. The van der Waals surface area contributed by atoms with Gasteiger partial charge in [-0.05, 0) is 79.9 Å². The van der Waals surface area contributed by atoms with Crippen LogP contribution in [0.1, 0.15) is 27.2 Å². The van der Waals surface area contributed by atoms with E-state index in [-0.39, 0.29) is 11.7 Å². The molecule has 0 spiro atoms. The summed E-state index contributed by atoms with van der Waals surface area (Å²) in [6.07, 6.45) is 0.876. The maximum Gasteiger partial charge on any atom is 0.254 e. The Balaban J connectivity index is 1.18. The molecule has 6 heteroatoms. The SMILES string of the molecule is Cc1[nH]c2ccc(Oc3cccc(C(=O)N4CCN(CCc5ccc(F)cc5)CC4)c3)cc2c1C. The number of benzene rings is 3. The molecule has 0 radical (unpaired) electrons. The minimum Gasteiger partial charge on any atom is -0.457 e. The van der Waals surface area contributed by atoms with E-state index in [1.54, 1.807) is 0 Å². The number of amides is 1. The topological polar surface area (TPSA) is 48.6 Å². The third-order valence-electron chi connectivity index (χ3n) is 6.89. The molecule has 0 unspecified atom stereocenters. The van der Waals surface area contributed by atoms with Crippen molar-refractivity contribution in [1.29, 1.82) is 0 Å². The van der Waals surface area contributed by atoms with Gasteiger partial charge >= 0.3 is 0 Å². The van der Waals surface area contributed by atoms with Gasteiger partial charge in [-0.25, -0.2) is 4.39 Å². The highest BCUT2D eigenvalue weighted by molar-refractivity contribution is 5.94. The maximum absolute atomic E-state index is 13.2. The number of halogens is 1. The molecule has 3 aromatic carbocycles. The van der Waals surface area contributed by atoms with E-state index in [0.29, 0.717) is 24.4 Å². The van der Waals surface area contributed by atoms with Gasteiger partial charge < -0.3 is 14.6 Å². The van der Waals surface area contributed by atoms with Gasteiger partial charge in [0.2, 0.25) is 0 Å². The van der Waals surface area contributed by atoms with Gasteiger partial charge in [0.1, 0.15) is 17.3 Å². The van der Waals surface area contributed by atoms with Crippen molar-refractivity contribution in [2.45, 2.75) is 20.3 Å². The van der Waals surface area contributed by atoms with Gasteiger partial charge in [-0.1, -0.05) is 18.2 Å². The number of aromatic nitrogens is 1. The zero-order chi connectivity index (χ0) is 24.4. The predicted molar refractivity (Wildman–Crippen MR) is 137 cm³/mol. The van der Waals surface area contributed by atoms with Gasteiger partial charge in [-0.2, -0.15) is 0 Å². The number of H-pyrrole nitrogens is 1. The van der Waals surface area contributed by atoms with E-state index in [2.05, 4.69) is 23.7 Å². The van der Waals surface area contributed by atoms with Crippen molar-refractivity contribution in [3.8, 4) is 11.5 Å². The summed E-state index contributed by atoms with van der Waals surface area (Å²) in [7, 11) is 0. The van der Waals surface area contributed by atoms with Crippen molar-refractivity contribution in [3.05, 3.63) is 94.9 Å². The van der Waals surface area contributed by atoms with Crippen LogP contribution in [0.3, 0.4) is 0 Å². The normalized spacial score (nSPS) is 14.4. The average Bonchev–Trinajstić information content (AvgIpc) is 3.16. The summed E-state index contributed by atoms with van der Waals surface area (Å²) < 4.78 is 19.2. The third-order valence-corrected chi connectivity index (χ3v) is 6.89. The van der Waals surface area contributed by atoms with Crippen molar-refractivity contribution >= 4 is 16.8 Å². The zero-order valence-corrected chi connectivity index (χ0v) is 20.2. The summed E-state index contributed by atoms with van der Waals surface area (Å²) in [6.45, 7) is 8.11. The fourth-order valence-electron chi connectivity index (χ4n) is 4.63. The second-order valence-corrected chi connectivity index (χ2v) is 9.22. The van der Waals surface area contributed by atoms with Crippen LogP contribution in [0.25, 0.3) is 10.9 Å². The molecule has 5 nitrogen and oxygen atoms in total. The smallest absolute Gasteiger partial charge is 0.254 e. The summed E-state index contributed by atoms with van der Waals surface area (Å²) in [5.41, 5.74) is 5.22. The van der Waals surface area contributed by atoms with Gasteiger partial charge in [0, 0.05) is 54.9 Å². The Bertz CT molecular complexity index is 1340. The molecular weight excluding hydrogens is 441 g/mol. The molecule has 2 heterocycles. The summed E-state index contributed by atoms with van der Waals surface area (Å²) in [4.78, 5) is 20.8. The van der Waals surface area contributed by atoms with Gasteiger partial charge in [-0.3, -0.25) is 9.69 Å². The minimum absolute atomic E-state index is 0.0289. The largest absolute Gasteiger partial charge is 0.457 e. The highest BCUT2D eigenvalue weighted by atomic mass is 19.1. The standard InChI is InChI=1S/C29H30FN3O2/c1-20-21(2)31-28-11-10-26(19-27(20)28)35-25-5-3-4-23(18-25)29(34)33-16-14-32(15-17-33)13-12-22-6-8-24(30)9-7-22/h3-11,18-19,31H,12-17H2,1-2H3. The molecule has 35 heavy (non-hydrogen) atoms. The van der Waals surface area contributed by atoms with E-state index in [1.807, 2.05) is 59.5 Å². The third kappa shape index (κ3) is 5.23. The first-order valence-corrected chi connectivity index (χ1v) is 12.1. The highest BCUT2D eigenvalue weighted by Crippen LogP contribution is 2.29. The van der Waals surface area contributed by atoms with E-state index in [4.69, 9.17) is 4.74 Å². The number of rotatable bonds is 6. The van der Waals surface area contributed by atoms with Crippen LogP contribution in [0, 0.1) is 19.7 Å². The molecule has 1 fully saturated rings. The predicted octanol–water partition coefficient (Wildman–Crippen LogP) is 5.72. The van der Waals surface area contributed by atoms with Crippen LogP contribution in [-0.2, 0) is 6.42 Å². The summed E-state index contributed by atoms with van der Waals surface area (Å²) in [5, 5.41) is 1.14. The number of hydrogen-bond donors (Lipinski definition) is 1. The molecule has 0 saturated carbocycles. The molecule has 4 aromatic rings. The lowest BCUT2D eigenvalue weighted by molar-refractivity contribution is 0.0638. The Kier molecular flexibility index (Phi) is 6.55. The number of carbonyl (C=O) groups excluding carboxylic acids is 1. The minimum atomic E-state index is -0.206. The monoisotopic (exact) mass is 471 g/mol. The maximum atomic E-state index is 13.2. The molecule has 0 bridgehead atoms. The second kappa shape index (κ2) is 9.92. The van der Waals surface area contributed by atoms with Crippen molar-refractivity contribution < 1.29 is 13.9 Å². The number of hydrogen-bond acceptors (Lipinski definition) is 3. The van der Waals surface area contributed by atoms with Gasteiger partial charge in [-0.15, -0.1) is 0 Å². The molecule has 180 valence electrons. The fourth-order valence-corrected chi connectivity index (χ4v) is 4.63. The highest BCUT2D eigenvalue weighted by Gasteiger charge is 2.22. The first-order chi connectivity index (χ1) is 17.0. The second-order valence-electron chi connectivity index (χ2n) is 9.22. The molecule has 0 atom stereocenters. The molecule has 5 rings (SSSR count). The number of piperazine rings is 1. The molecule has 0 aliphatic carbocycles. The fraction of sp³-hybridized carbons (Fsp3) is 0.276. The lowest BCUT2D eigenvalue weighted by atomic mass is 10.1. The van der Waals surface area contributed by atoms with Crippen molar-refractivity contribution in [2.24, 2.45) is 0 Å². The lowest BCUT2D eigenvalue weighted by Crippen LogP contribution is -2.49. The first kappa shape index (κ1) is 23.1.